The van der Waals surface area contributed by atoms with E-state index in [-0.39, 0.29) is 29.6 Å². The lowest BCUT2D eigenvalue weighted by molar-refractivity contribution is -0.137. The minimum atomic E-state index is -4.37. The number of methoxy groups -OCH3 is 1. The molecule has 77 heavy (non-hydrogen) atoms. The normalized spacial score (nSPS) is 10.8. The number of nitrogens with two attached hydrogens (primary N) is 8. The molecule has 0 radical (unpaired) electrons. The molecule has 406 valence electrons. The van der Waals surface area contributed by atoms with Crippen LogP contribution >= 0.6 is 11.6 Å². The minimum Gasteiger partial charge on any atom is -0.497 e. The number of hydrogen-bond acceptors (Lipinski definition) is 17. The average Bonchev–Trinajstić information content (AvgIpc) is 3.38. The number of halogens is 4. The van der Waals surface area contributed by atoms with Crippen LogP contribution in [0.4, 0.5) is 60.2 Å². The molecular weight excluding hydrogens is 1010 g/mol. The largest absolute Gasteiger partial charge is 0.497 e. The van der Waals surface area contributed by atoms with Crippen molar-refractivity contribution in [2.45, 2.75) is 98.6 Å². The van der Waals surface area contributed by atoms with E-state index >= 15 is 0 Å². The Hall–Kier alpha value is -8.52. The first-order chi connectivity index (χ1) is 36.7. The second kappa shape index (κ2) is 27.9. The van der Waals surface area contributed by atoms with Gasteiger partial charge in [-0.05, 0) is 97.7 Å². The smallest absolute Gasteiger partial charge is 0.416 e. The monoisotopic (exact) mass is 1070 g/mol. The van der Waals surface area contributed by atoms with Crippen molar-refractivity contribution in [1.82, 2.24) is 39.9 Å². The molecule has 8 aromatic rings. The molecule has 0 fully saturated rings. The molecule has 8 rings (SSSR count). The highest BCUT2D eigenvalue weighted by Crippen LogP contribution is 2.35. The van der Waals surface area contributed by atoms with Gasteiger partial charge in [0.05, 0.1) is 35.4 Å². The third-order valence-electron chi connectivity index (χ3n) is 11.7. The van der Waals surface area contributed by atoms with E-state index in [4.69, 9.17) is 62.2 Å². The molecule has 0 saturated carbocycles. The van der Waals surface area contributed by atoms with Gasteiger partial charge in [-0.25, -0.2) is 19.9 Å². The van der Waals surface area contributed by atoms with E-state index in [9.17, 15) is 13.2 Å². The van der Waals surface area contributed by atoms with Crippen LogP contribution in [0.1, 0.15) is 93.7 Å². The zero-order valence-corrected chi connectivity index (χ0v) is 45.0. The summed E-state index contributed by atoms with van der Waals surface area (Å²) in [5, 5.41) is 0.686. The van der Waals surface area contributed by atoms with Crippen molar-refractivity contribution in [3.05, 3.63) is 136 Å². The fraction of sp³-hybridized carbons (Fsp3) is 0.286. The molecule has 0 amide bonds. The molecule has 4 aromatic carbocycles. The summed E-state index contributed by atoms with van der Waals surface area (Å²) in [6, 6.07) is 28.1. The van der Waals surface area contributed by atoms with Crippen LogP contribution in [0.25, 0.3) is 44.5 Å². The lowest BCUT2D eigenvalue weighted by Gasteiger charge is -2.13. The van der Waals surface area contributed by atoms with Gasteiger partial charge in [-0.3, -0.25) is 0 Å². The summed E-state index contributed by atoms with van der Waals surface area (Å²) in [7, 11) is 1.64. The van der Waals surface area contributed by atoms with Crippen LogP contribution in [0.3, 0.4) is 0 Å². The molecular formula is C56H68ClF3N16O. The lowest BCUT2D eigenvalue weighted by atomic mass is 10.00. The summed E-state index contributed by atoms with van der Waals surface area (Å²) >= 11 is 5.88. The van der Waals surface area contributed by atoms with Crippen LogP contribution in [0.2, 0.25) is 5.02 Å². The second-order valence-electron chi connectivity index (χ2n) is 17.7. The van der Waals surface area contributed by atoms with Crippen LogP contribution in [0.15, 0.2) is 97.1 Å². The van der Waals surface area contributed by atoms with E-state index in [1.165, 1.54) is 17.7 Å². The van der Waals surface area contributed by atoms with Crippen molar-refractivity contribution in [3.63, 3.8) is 0 Å². The zero-order valence-electron chi connectivity index (χ0n) is 44.2. The van der Waals surface area contributed by atoms with E-state index in [0.29, 0.717) is 45.7 Å². The topological polar surface area (TPSA) is 321 Å². The van der Waals surface area contributed by atoms with E-state index in [2.05, 4.69) is 79.7 Å². The summed E-state index contributed by atoms with van der Waals surface area (Å²) < 4.78 is 43.1. The third kappa shape index (κ3) is 16.5. The molecule has 0 atom stereocenters. The van der Waals surface area contributed by atoms with Crippen LogP contribution in [-0.2, 0) is 31.9 Å². The predicted octanol–water partition coefficient (Wildman–Crippen LogP) is 11.4. The van der Waals surface area contributed by atoms with Gasteiger partial charge < -0.3 is 50.6 Å². The van der Waals surface area contributed by atoms with E-state index in [0.717, 1.165) is 120 Å². The number of alkyl halides is 3. The van der Waals surface area contributed by atoms with Crippen molar-refractivity contribution >= 4 is 58.7 Å². The number of nitrogens with zero attached hydrogens (tertiary/aromatic N) is 8. The number of hydrogen-bond donors (Lipinski definition) is 8. The Morgan fingerprint density at radius 2 is 0.714 bits per heavy atom. The number of ether oxygens (including phenoxy) is 1. The first-order valence-corrected chi connectivity index (χ1v) is 25.4. The second-order valence-corrected chi connectivity index (χ2v) is 18.1. The van der Waals surface area contributed by atoms with Crippen LogP contribution in [0, 0.1) is 6.92 Å². The van der Waals surface area contributed by atoms with Gasteiger partial charge in [-0.2, -0.15) is 33.1 Å². The summed E-state index contributed by atoms with van der Waals surface area (Å²) in [5.74, 6) is 3.01. The lowest BCUT2D eigenvalue weighted by Crippen LogP contribution is -2.08. The van der Waals surface area contributed by atoms with Gasteiger partial charge in [0.15, 0.2) is 0 Å². The Morgan fingerprint density at radius 3 is 1.01 bits per heavy atom. The van der Waals surface area contributed by atoms with E-state index in [1.54, 1.807) is 7.11 Å². The molecule has 0 aliphatic heterocycles. The summed E-state index contributed by atoms with van der Waals surface area (Å²) in [5.41, 5.74) is 57.0. The van der Waals surface area contributed by atoms with Gasteiger partial charge in [0.2, 0.25) is 23.8 Å². The number of unbranched alkanes of at least 4 members (excludes halogenated alkanes) is 1. The number of rotatable bonds is 14. The number of aryl methyl sites for hydroxylation is 5. The Balaban J connectivity index is 0.000000190. The molecule has 4 aromatic heterocycles. The van der Waals surface area contributed by atoms with Gasteiger partial charge in [-0.15, -0.1) is 0 Å². The van der Waals surface area contributed by atoms with Gasteiger partial charge in [0.25, 0.3) is 0 Å². The standard InChI is InChI=1S/C15H17F3N4.C14H18N4O.C14H18N4.C13H15ClN4/c1-2-3-4-11-12(13(19)22-14(20)21-11)9-5-7-10(8-6-9)15(16,17)18;1-3-4-11-12(13(15)18-14(16)17-11)9-5-7-10(19-2)8-6-9;1-3-4-11-12(13(15)18-14(16)17-11)10-7-5-9(2)6-8-10;1-2-3-10-11(12(15)18-13(16)17-10)8-4-6-9(14)7-5-8/h5-8H,2-4H2,1H3,(H4,19,20,21,22);5-8H,3-4H2,1-2H3,(H4,15,16,17,18);5-8H,3-4H2,1-2H3,(H4,15,16,17,18);4-7H,2-3H2,1H3,(H4,15,16,17,18). The molecule has 16 N–H and O–H groups in total. The highest BCUT2D eigenvalue weighted by atomic mass is 35.5. The SMILES string of the molecule is CCCCc1nc(N)nc(N)c1-c1ccc(C(F)(F)F)cc1.CCCc1nc(N)nc(N)c1-c1ccc(C)cc1.CCCc1nc(N)nc(N)c1-c1ccc(Cl)cc1.CCCc1nc(N)nc(N)c1-c1ccc(OC)cc1. The number of aromatic nitrogens is 8. The number of nitrogen functional groups attached to an aromatic ring is 8. The summed E-state index contributed by atoms with van der Waals surface area (Å²) in [6.07, 6.45) is 3.52. The maximum absolute atomic E-state index is 12.6. The maximum atomic E-state index is 12.6. The number of benzene rings is 4. The molecule has 17 nitrogen and oxygen atoms in total. The molecule has 0 aliphatic carbocycles. The van der Waals surface area contributed by atoms with Gasteiger partial charge in [-0.1, -0.05) is 131 Å². The molecule has 0 bridgehead atoms. The quantitative estimate of drug-likeness (QED) is 0.0502. The zero-order chi connectivity index (χ0) is 56.4. The van der Waals surface area contributed by atoms with Gasteiger partial charge in [0, 0.05) is 27.3 Å². The minimum absolute atomic E-state index is 0.0688. The highest BCUT2D eigenvalue weighted by Gasteiger charge is 2.30. The maximum Gasteiger partial charge on any atom is 0.416 e. The molecule has 21 heteroatoms. The molecule has 0 spiro atoms. The van der Waals surface area contributed by atoms with Crippen molar-refractivity contribution in [2.75, 3.05) is 53.0 Å². The Bertz CT molecular complexity index is 3080. The van der Waals surface area contributed by atoms with Crippen molar-refractivity contribution in [2.24, 2.45) is 0 Å². The van der Waals surface area contributed by atoms with Gasteiger partial charge in [0.1, 0.15) is 29.0 Å². The fourth-order valence-electron chi connectivity index (χ4n) is 8.14. The van der Waals surface area contributed by atoms with Crippen LogP contribution in [0.5, 0.6) is 5.75 Å². The first kappa shape index (κ1) is 59.4. The summed E-state index contributed by atoms with van der Waals surface area (Å²) in [4.78, 5) is 33.1. The van der Waals surface area contributed by atoms with Crippen LogP contribution < -0.4 is 50.6 Å². The van der Waals surface area contributed by atoms with E-state index in [1.807, 2.05) is 67.6 Å². The molecule has 4 heterocycles. The fourth-order valence-corrected chi connectivity index (χ4v) is 8.27. The van der Waals surface area contributed by atoms with Crippen LogP contribution in [-0.4, -0.2) is 47.0 Å². The first-order valence-electron chi connectivity index (χ1n) is 25.0. The summed E-state index contributed by atoms with van der Waals surface area (Å²) in [6.45, 7) is 10.4. The van der Waals surface area contributed by atoms with Crippen molar-refractivity contribution < 1.29 is 17.9 Å². The third-order valence-corrected chi connectivity index (χ3v) is 11.9. The van der Waals surface area contributed by atoms with Crippen molar-refractivity contribution in [3.8, 4) is 50.3 Å². The molecule has 0 unspecified atom stereocenters. The highest BCUT2D eigenvalue weighted by molar-refractivity contribution is 6.30. The van der Waals surface area contributed by atoms with Gasteiger partial charge >= 0.3 is 6.18 Å². The predicted molar refractivity (Wildman–Crippen MR) is 307 cm³/mol. The molecule has 0 aliphatic rings. The Kier molecular flexibility index (Phi) is 21.5. The molecule has 0 saturated heterocycles. The van der Waals surface area contributed by atoms with Crippen molar-refractivity contribution in [1.29, 1.82) is 0 Å². The Morgan fingerprint density at radius 1 is 0.416 bits per heavy atom. The van der Waals surface area contributed by atoms with E-state index < -0.39 is 11.7 Å². The average molecular weight is 1070 g/mol. The number of anilines is 8. The Labute approximate surface area is 452 Å².